The number of esters is 1. The molecule has 2 rings (SSSR count). The first-order chi connectivity index (χ1) is 16.4. The second-order valence-corrected chi connectivity index (χ2v) is 8.81. The summed E-state index contributed by atoms with van der Waals surface area (Å²) in [5, 5.41) is 23.8. The second kappa shape index (κ2) is 15.4. The summed E-state index contributed by atoms with van der Waals surface area (Å²) in [4.78, 5) is 23.3. The number of allylic oxidation sites excluding steroid dienone is 2. The lowest BCUT2D eigenvalue weighted by Crippen LogP contribution is -2.24. The number of amides is 1. The molecular weight excluding hydrogens is 432 g/mol. The first kappa shape index (κ1) is 27.8. The smallest absolute Gasteiger partial charge is 0.320 e. The van der Waals surface area contributed by atoms with Gasteiger partial charge in [-0.15, -0.1) is 0 Å². The average Bonchev–Trinajstić information content (AvgIpc) is 3.10. The van der Waals surface area contributed by atoms with E-state index in [0.29, 0.717) is 32.2 Å². The molecule has 0 spiro atoms. The lowest BCUT2D eigenvalue weighted by Gasteiger charge is -2.20. The van der Waals surface area contributed by atoms with Crippen molar-refractivity contribution >= 4 is 11.9 Å². The fourth-order valence-electron chi connectivity index (χ4n) is 4.36. The van der Waals surface area contributed by atoms with Crippen molar-refractivity contribution in [3.63, 3.8) is 0 Å². The summed E-state index contributed by atoms with van der Waals surface area (Å²) in [7, 11) is 0. The molecule has 5 atom stereocenters. The Bertz CT molecular complexity index is 795. The molecule has 7 nitrogen and oxygen atoms in total. The normalized spacial score (nSPS) is 23.4. The molecule has 0 heterocycles. The van der Waals surface area contributed by atoms with Crippen LogP contribution in [-0.2, 0) is 20.7 Å². The van der Waals surface area contributed by atoms with E-state index in [1.54, 1.807) is 0 Å². The fourth-order valence-corrected chi connectivity index (χ4v) is 4.36. The van der Waals surface area contributed by atoms with Gasteiger partial charge in [0.25, 0.3) is 0 Å². The predicted molar refractivity (Wildman–Crippen MR) is 133 cm³/mol. The Kier molecular flexibility index (Phi) is 12.6. The van der Waals surface area contributed by atoms with Gasteiger partial charge < -0.3 is 26.0 Å². The van der Waals surface area contributed by atoms with Gasteiger partial charge in [-0.05, 0) is 56.6 Å². The summed E-state index contributed by atoms with van der Waals surface area (Å²) in [5.41, 5.74) is 6.58. The minimum absolute atomic E-state index is 0.0626. The van der Waals surface area contributed by atoms with Crippen molar-refractivity contribution in [1.82, 2.24) is 5.32 Å². The molecule has 1 aliphatic rings. The van der Waals surface area contributed by atoms with Gasteiger partial charge in [0.2, 0.25) is 5.91 Å². The number of nitrogens with one attached hydrogen (secondary N) is 1. The standard InChI is InChI=1S/C27H40N2O5/c1-2-29-26(32)13-9-4-3-8-12-22-23(25(31)18-24(22)30)17-16-21(34-27(33)19-28)15-14-20-10-6-5-7-11-20/h3,5-8,10-11,16-17,21-25,30-31H,2,4,9,12-15,18-19,28H2,1H3,(H,29,32)/t21-,22+,23+,24-,25+/m0/s1. The van der Waals surface area contributed by atoms with E-state index in [1.807, 2.05) is 61.6 Å². The first-order valence-electron chi connectivity index (χ1n) is 12.3. The van der Waals surface area contributed by atoms with Gasteiger partial charge in [-0.1, -0.05) is 48.6 Å². The Hall–Kier alpha value is -2.48. The largest absolute Gasteiger partial charge is 0.457 e. The minimum Gasteiger partial charge on any atom is -0.457 e. The van der Waals surface area contributed by atoms with Gasteiger partial charge in [0.15, 0.2) is 0 Å². The number of aryl methyl sites for hydroxylation is 1. The molecule has 0 bridgehead atoms. The molecular formula is C27H40N2O5. The number of unbranched alkanes of at least 4 members (excludes halogenated alkanes) is 1. The highest BCUT2D eigenvalue weighted by Crippen LogP contribution is 2.36. The number of ether oxygens (including phenoxy) is 1. The Morgan fingerprint density at radius 1 is 1.21 bits per heavy atom. The average molecular weight is 473 g/mol. The van der Waals surface area contributed by atoms with Crippen molar-refractivity contribution in [3.05, 3.63) is 60.2 Å². The molecule has 1 saturated carbocycles. The van der Waals surface area contributed by atoms with Crippen LogP contribution in [0.15, 0.2) is 54.6 Å². The number of aliphatic hydroxyl groups is 2. The van der Waals surface area contributed by atoms with Gasteiger partial charge in [0.05, 0.1) is 18.8 Å². The van der Waals surface area contributed by atoms with E-state index in [0.717, 1.165) is 24.8 Å². The SMILES string of the molecule is CCNC(=O)CCCC=CC[C@@H]1[C@@H](C=C[C@H](CCc2ccccc2)OC(=O)CN)[C@H](O)C[C@@H]1O. The molecule has 1 fully saturated rings. The van der Waals surface area contributed by atoms with Crippen LogP contribution in [0.3, 0.4) is 0 Å². The summed E-state index contributed by atoms with van der Waals surface area (Å²) in [6.45, 7) is 2.36. The summed E-state index contributed by atoms with van der Waals surface area (Å²) in [5.74, 6) is -0.758. The predicted octanol–water partition coefficient (Wildman–Crippen LogP) is 2.66. The number of hydrogen-bond donors (Lipinski definition) is 4. The summed E-state index contributed by atoms with van der Waals surface area (Å²) < 4.78 is 5.50. The zero-order chi connectivity index (χ0) is 24.8. The highest BCUT2D eigenvalue weighted by molar-refractivity contribution is 5.75. The minimum atomic E-state index is -0.651. The maximum Gasteiger partial charge on any atom is 0.320 e. The molecule has 34 heavy (non-hydrogen) atoms. The van der Waals surface area contributed by atoms with Crippen LogP contribution >= 0.6 is 0 Å². The van der Waals surface area contributed by atoms with Crippen LogP contribution in [0.1, 0.15) is 51.0 Å². The molecule has 1 amide bonds. The van der Waals surface area contributed by atoms with Gasteiger partial charge in [-0.3, -0.25) is 9.59 Å². The maximum absolute atomic E-state index is 11.8. The van der Waals surface area contributed by atoms with Crippen LogP contribution in [0.25, 0.3) is 0 Å². The van der Waals surface area contributed by atoms with E-state index >= 15 is 0 Å². The number of nitrogens with two attached hydrogens (primary N) is 1. The molecule has 1 aromatic rings. The summed E-state index contributed by atoms with van der Waals surface area (Å²) in [6, 6.07) is 9.96. The molecule has 0 saturated heterocycles. The van der Waals surface area contributed by atoms with E-state index in [-0.39, 0.29) is 24.3 Å². The molecule has 0 unspecified atom stereocenters. The van der Waals surface area contributed by atoms with Crippen molar-refractivity contribution < 1.29 is 24.5 Å². The Labute approximate surface area is 203 Å². The van der Waals surface area contributed by atoms with Crippen molar-refractivity contribution in [1.29, 1.82) is 0 Å². The molecule has 188 valence electrons. The molecule has 0 radical (unpaired) electrons. The van der Waals surface area contributed by atoms with Gasteiger partial charge in [0, 0.05) is 25.3 Å². The topological polar surface area (TPSA) is 122 Å². The third kappa shape index (κ3) is 9.79. The highest BCUT2D eigenvalue weighted by Gasteiger charge is 2.39. The monoisotopic (exact) mass is 472 g/mol. The third-order valence-corrected chi connectivity index (χ3v) is 6.20. The number of carbonyl (C=O) groups excluding carboxylic acids is 2. The van der Waals surface area contributed by atoms with Crippen LogP contribution in [0, 0.1) is 11.8 Å². The third-order valence-electron chi connectivity index (χ3n) is 6.20. The Balaban J connectivity index is 1.93. The van der Waals surface area contributed by atoms with Crippen molar-refractivity contribution in [2.45, 2.75) is 70.2 Å². The quantitative estimate of drug-likeness (QED) is 0.188. The van der Waals surface area contributed by atoms with Crippen molar-refractivity contribution in [2.75, 3.05) is 13.1 Å². The first-order valence-corrected chi connectivity index (χ1v) is 12.3. The van der Waals surface area contributed by atoms with Crippen LogP contribution < -0.4 is 11.1 Å². The molecule has 0 aliphatic heterocycles. The number of benzene rings is 1. The van der Waals surface area contributed by atoms with Crippen LogP contribution in [-0.4, -0.2) is 53.5 Å². The molecule has 1 aliphatic carbocycles. The van der Waals surface area contributed by atoms with Gasteiger partial charge >= 0.3 is 5.97 Å². The van der Waals surface area contributed by atoms with Gasteiger partial charge in [-0.2, -0.15) is 0 Å². The molecule has 5 N–H and O–H groups in total. The van der Waals surface area contributed by atoms with Crippen LogP contribution in [0.2, 0.25) is 0 Å². The van der Waals surface area contributed by atoms with Crippen LogP contribution in [0.4, 0.5) is 0 Å². The van der Waals surface area contributed by atoms with Gasteiger partial charge in [-0.25, -0.2) is 0 Å². The lowest BCUT2D eigenvalue weighted by molar-refractivity contribution is -0.145. The lowest BCUT2D eigenvalue weighted by atomic mass is 9.89. The van der Waals surface area contributed by atoms with E-state index in [4.69, 9.17) is 10.5 Å². The Morgan fingerprint density at radius 3 is 2.68 bits per heavy atom. The highest BCUT2D eigenvalue weighted by atomic mass is 16.5. The number of carbonyl (C=O) groups is 2. The van der Waals surface area contributed by atoms with E-state index in [1.165, 1.54) is 0 Å². The Morgan fingerprint density at radius 2 is 1.97 bits per heavy atom. The zero-order valence-electron chi connectivity index (χ0n) is 20.1. The number of rotatable bonds is 14. The van der Waals surface area contributed by atoms with Crippen molar-refractivity contribution in [3.8, 4) is 0 Å². The summed E-state index contributed by atoms with van der Waals surface area (Å²) >= 11 is 0. The van der Waals surface area contributed by atoms with Crippen LogP contribution in [0.5, 0.6) is 0 Å². The fraction of sp³-hybridized carbons (Fsp3) is 0.556. The van der Waals surface area contributed by atoms with Crippen molar-refractivity contribution in [2.24, 2.45) is 17.6 Å². The molecule has 1 aromatic carbocycles. The maximum atomic E-state index is 11.8. The zero-order valence-corrected chi connectivity index (χ0v) is 20.1. The van der Waals surface area contributed by atoms with E-state index in [2.05, 4.69) is 5.32 Å². The van der Waals surface area contributed by atoms with Gasteiger partial charge in [0.1, 0.15) is 6.10 Å². The van der Waals surface area contributed by atoms with E-state index in [9.17, 15) is 19.8 Å². The summed E-state index contributed by atoms with van der Waals surface area (Å²) in [6.07, 6.45) is 10.4. The number of aliphatic hydroxyl groups excluding tert-OH is 2. The number of hydrogen-bond acceptors (Lipinski definition) is 6. The van der Waals surface area contributed by atoms with E-state index < -0.39 is 24.3 Å². The molecule has 7 heteroatoms. The molecule has 0 aromatic heterocycles. The second-order valence-electron chi connectivity index (χ2n) is 8.81.